The average molecular weight is 930 g/mol. The maximum absolute atomic E-state index is 2.54. The van der Waals surface area contributed by atoms with Gasteiger partial charge in [-0.1, -0.05) is 235 Å². The van der Waals surface area contributed by atoms with Crippen LogP contribution in [0.3, 0.4) is 0 Å². The van der Waals surface area contributed by atoms with E-state index in [1.807, 2.05) is 11.3 Å². The largest absolute Gasteiger partial charge is 0.309 e. The Bertz CT molecular complexity index is 3520. The summed E-state index contributed by atoms with van der Waals surface area (Å²) in [6, 6.07) is 71.4. The van der Waals surface area contributed by atoms with Crippen LogP contribution >= 0.6 is 11.3 Å². The van der Waals surface area contributed by atoms with Crippen LogP contribution in [0.1, 0.15) is 105 Å². The second-order valence-electron chi connectivity index (χ2n) is 23.5. The van der Waals surface area contributed by atoms with Gasteiger partial charge in [0.2, 0.25) is 0 Å². The molecule has 0 unspecified atom stereocenters. The lowest BCUT2D eigenvalue weighted by molar-refractivity contribution is 0.568. The maximum atomic E-state index is 2.54. The predicted molar refractivity (Wildman–Crippen MR) is 308 cm³/mol. The standard InChI is InChI=1S/C68H67NS/c1-65(2,3)48-37-46(38-49(42-48)66(4,5)6)53-27-13-16-33-59(53)69(52-26-19-25-45(41-52)54-31-22-36-62-64(54)58-29-15-18-35-61(58)70-62)60-34-17-14-28-56(60)57-32-21-24-44-23-20-30-55(63(44)57)47-39-50(67(7,8)9)43-51(40-47)68(10,11)12/h13-43H,1-12H3. The minimum atomic E-state index is -0.0372. The molecule has 10 rings (SSSR count). The van der Waals surface area contributed by atoms with Gasteiger partial charge in [0.15, 0.2) is 0 Å². The van der Waals surface area contributed by atoms with Crippen LogP contribution in [0.4, 0.5) is 17.1 Å². The number of para-hydroxylation sites is 2. The van der Waals surface area contributed by atoms with Gasteiger partial charge in [0.1, 0.15) is 0 Å². The summed E-state index contributed by atoms with van der Waals surface area (Å²) in [4.78, 5) is 2.54. The molecule has 10 aromatic rings. The maximum Gasteiger partial charge on any atom is 0.0540 e. The third kappa shape index (κ3) is 8.88. The van der Waals surface area contributed by atoms with Gasteiger partial charge in [-0.15, -0.1) is 11.3 Å². The molecule has 0 aliphatic carbocycles. The van der Waals surface area contributed by atoms with Gasteiger partial charge in [0.05, 0.1) is 11.4 Å². The lowest BCUT2D eigenvalue weighted by Crippen LogP contribution is -2.17. The van der Waals surface area contributed by atoms with Gasteiger partial charge in [-0.25, -0.2) is 0 Å². The first-order valence-corrected chi connectivity index (χ1v) is 25.9. The zero-order valence-electron chi connectivity index (χ0n) is 43.3. The first kappa shape index (κ1) is 47.0. The quantitative estimate of drug-likeness (QED) is 0.154. The van der Waals surface area contributed by atoms with Gasteiger partial charge in [0.25, 0.3) is 0 Å². The van der Waals surface area contributed by atoms with E-state index in [4.69, 9.17) is 0 Å². The first-order valence-electron chi connectivity index (χ1n) is 25.1. The zero-order valence-corrected chi connectivity index (χ0v) is 44.1. The topological polar surface area (TPSA) is 3.24 Å². The molecule has 0 bridgehead atoms. The SMILES string of the molecule is CC(C)(C)c1cc(-c2ccccc2N(c2cccc(-c3cccc4sc5ccccc5c34)c2)c2ccccc2-c2cccc3cccc(-c4cc(C(C)(C)C)cc(C(C)(C)C)c4)c23)cc(C(C)(C)C)c1. The summed E-state index contributed by atoms with van der Waals surface area (Å²) >= 11 is 1.87. The van der Waals surface area contributed by atoms with Gasteiger partial charge in [-0.3, -0.25) is 0 Å². The van der Waals surface area contributed by atoms with E-state index < -0.39 is 0 Å². The summed E-state index contributed by atoms with van der Waals surface area (Å²) in [7, 11) is 0. The van der Waals surface area contributed by atoms with Crippen molar-refractivity contribution < 1.29 is 0 Å². The molecular weight excluding hydrogens is 863 g/mol. The number of anilines is 3. The Morgan fingerprint density at radius 1 is 0.314 bits per heavy atom. The molecule has 1 nitrogen and oxygen atoms in total. The van der Waals surface area contributed by atoms with E-state index in [1.54, 1.807) is 0 Å². The number of nitrogens with zero attached hydrogens (tertiary/aromatic N) is 1. The second-order valence-corrected chi connectivity index (χ2v) is 24.6. The summed E-state index contributed by atoms with van der Waals surface area (Å²) in [5.74, 6) is 0. The number of hydrogen-bond acceptors (Lipinski definition) is 2. The predicted octanol–water partition coefficient (Wildman–Crippen LogP) is 20.5. The highest BCUT2D eigenvalue weighted by atomic mass is 32.1. The molecule has 0 amide bonds. The molecule has 0 saturated heterocycles. The lowest BCUT2D eigenvalue weighted by Gasteiger charge is -2.31. The van der Waals surface area contributed by atoms with Crippen molar-refractivity contribution in [1.82, 2.24) is 0 Å². The first-order chi connectivity index (χ1) is 33.2. The monoisotopic (exact) mass is 929 g/mol. The van der Waals surface area contributed by atoms with Gasteiger partial charge < -0.3 is 4.90 Å². The third-order valence-electron chi connectivity index (χ3n) is 14.3. The van der Waals surface area contributed by atoms with Crippen LogP contribution in [0.2, 0.25) is 0 Å². The summed E-state index contributed by atoms with van der Waals surface area (Å²) in [5, 5.41) is 5.10. The molecule has 0 radical (unpaired) electrons. The van der Waals surface area contributed by atoms with Crippen LogP contribution in [0, 0.1) is 0 Å². The summed E-state index contributed by atoms with van der Waals surface area (Å²) in [6.45, 7) is 28.0. The van der Waals surface area contributed by atoms with Crippen LogP contribution in [-0.4, -0.2) is 0 Å². The molecule has 0 saturated carbocycles. The molecule has 9 aromatic carbocycles. The van der Waals surface area contributed by atoms with Crippen LogP contribution in [0.25, 0.3) is 75.5 Å². The molecule has 0 aliphatic heterocycles. The van der Waals surface area contributed by atoms with E-state index in [-0.39, 0.29) is 21.7 Å². The Balaban J connectivity index is 1.26. The van der Waals surface area contributed by atoms with E-state index in [0.29, 0.717) is 0 Å². The van der Waals surface area contributed by atoms with Crippen molar-refractivity contribution in [2.45, 2.75) is 105 Å². The fraction of sp³-hybridized carbons (Fsp3) is 0.235. The molecule has 0 spiro atoms. The van der Waals surface area contributed by atoms with E-state index in [0.717, 1.165) is 17.1 Å². The fourth-order valence-electron chi connectivity index (χ4n) is 10.1. The zero-order chi connectivity index (χ0) is 49.3. The van der Waals surface area contributed by atoms with Crippen LogP contribution < -0.4 is 4.90 Å². The number of hydrogen-bond donors (Lipinski definition) is 0. The van der Waals surface area contributed by atoms with Crippen LogP contribution in [-0.2, 0) is 21.7 Å². The molecule has 0 N–H and O–H groups in total. The molecule has 0 fully saturated rings. The minimum absolute atomic E-state index is 0.0133. The number of fused-ring (bicyclic) bond motifs is 4. The highest BCUT2D eigenvalue weighted by Gasteiger charge is 2.27. The average Bonchev–Trinajstić information content (AvgIpc) is 3.72. The molecule has 1 heterocycles. The van der Waals surface area contributed by atoms with E-state index >= 15 is 0 Å². The Morgan fingerprint density at radius 3 is 1.33 bits per heavy atom. The van der Waals surface area contributed by atoms with Gasteiger partial charge in [-0.2, -0.15) is 0 Å². The summed E-state index contributed by atoms with van der Waals surface area (Å²) in [5.41, 5.74) is 18.4. The molecule has 70 heavy (non-hydrogen) atoms. The van der Waals surface area contributed by atoms with Crippen molar-refractivity contribution in [3.05, 3.63) is 210 Å². The van der Waals surface area contributed by atoms with Gasteiger partial charge in [-0.05, 0) is 124 Å². The highest BCUT2D eigenvalue weighted by molar-refractivity contribution is 7.25. The van der Waals surface area contributed by atoms with Crippen molar-refractivity contribution >= 4 is 59.3 Å². The Morgan fingerprint density at radius 2 is 0.743 bits per heavy atom. The van der Waals surface area contributed by atoms with E-state index in [9.17, 15) is 0 Å². The van der Waals surface area contributed by atoms with Crippen molar-refractivity contribution in [2.75, 3.05) is 4.90 Å². The third-order valence-corrected chi connectivity index (χ3v) is 15.4. The Hall–Kier alpha value is -6.74. The Labute approximate surface area is 421 Å². The molecule has 0 atom stereocenters. The number of rotatable bonds is 7. The van der Waals surface area contributed by atoms with Crippen molar-refractivity contribution in [3.8, 4) is 44.5 Å². The summed E-state index contributed by atoms with van der Waals surface area (Å²) < 4.78 is 2.62. The molecule has 1 aromatic heterocycles. The van der Waals surface area contributed by atoms with E-state index in [2.05, 4.69) is 276 Å². The molecule has 0 aliphatic rings. The molecular formula is C68H67NS. The summed E-state index contributed by atoms with van der Waals surface area (Å²) in [6.07, 6.45) is 0. The van der Waals surface area contributed by atoms with Crippen molar-refractivity contribution in [1.29, 1.82) is 0 Å². The van der Waals surface area contributed by atoms with Crippen molar-refractivity contribution in [3.63, 3.8) is 0 Å². The van der Waals surface area contributed by atoms with Gasteiger partial charge in [0, 0.05) is 37.0 Å². The Kier molecular flexibility index (Phi) is 11.8. The molecule has 2 heteroatoms. The van der Waals surface area contributed by atoms with Crippen molar-refractivity contribution in [2.24, 2.45) is 0 Å². The minimum Gasteiger partial charge on any atom is -0.309 e. The fourth-order valence-corrected chi connectivity index (χ4v) is 11.3. The number of benzene rings is 9. The second kappa shape index (κ2) is 17.6. The van der Waals surface area contributed by atoms with Gasteiger partial charge >= 0.3 is 0 Å². The smallest absolute Gasteiger partial charge is 0.0540 e. The van der Waals surface area contributed by atoms with Crippen LogP contribution in [0.5, 0.6) is 0 Å². The normalized spacial score (nSPS) is 12.6. The lowest BCUT2D eigenvalue weighted by atomic mass is 9.78. The molecule has 350 valence electrons. The van der Waals surface area contributed by atoms with E-state index in [1.165, 1.54) is 97.7 Å². The highest BCUT2D eigenvalue weighted by Crippen LogP contribution is 2.50. The number of thiophene rings is 1. The van der Waals surface area contributed by atoms with Crippen LogP contribution in [0.15, 0.2) is 188 Å².